The maximum atomic E-state index is 13.5. The highest BCUT2D eigenvalue weighted by atomic mass is 35.5. The minimum Gasteiger partial charge on any atom is -0.507 e. The number of anilines is 1. The van der Waals surface area contributed by atoms with Crippen molar-refractivity contribution in [2.24, 2.45) is 0 Å². The Morgan fingerprint density at radius 3 is 2.69 bits per heavy atom. The molecule has 180 valence electrons. The van der Waals surface area contributed by atoms with Crippen molar-refractivity contribution in [2.45, 2.75) is 6.04 Å². The molecule has 1 unspecified atom stereocenters. The number of halogens is 2. The lowest BCUT2D eigenvalue weighted by Gasteiger charge is -2.23. The second-order valence-electron chi connectivity index (χ2n) is 7.96. The number of ether oxygens (including phenoxy) is 1. The highest BCUT2D eigenvalue weighted by Gasteiger charge is 2.48. The van der Waals surface area contributed by atoms with Crippen LogP contribution < -0.4 is 9.64 Å². The van der Waals surface area contributed by atoms with Crippen LogP contribution in [0, 0.1) is 5.82 Å². The zero-order valence-electron chi connectivity index (χ0n) is 18.7. The van der Waals surface area contributed by atoms with Gasteiger partial charge in [-0.05, 0) is 60.2 Å². The van der Waals surface area contributed by atoms with E-state index < -0.39 is 29.3 Å². The summed E-state index contributed by atoms with van der Waals surface area (Å²) in [6.07, 6.45) is 1.60. The van der Waals surface area contributed by atoms with Crippen molar-refractivity contribution in [1.82, 2.24) is 4.98 Å². The molecule has 4 aromatic rings. The van der Waals surface area contributed by atoms with Crippen LogP contribution in [0.5, 0.6) is 5.75 Å². The van der Waals surface area contributed by atoms with Crippen LogP contribution in [0.1, 0.15) is 17.2 Å². The zero-order chi connectivity index (χ0) is 25.4. The number of thiazole rings is 1. The summed E-state index contributed by atoms with van der Waals surface area (Å²) in [6, 6.07) is 16.0. The molecule has 0 spiro atoms. The molecule has 0 radical (unpaired) electrons. The first-order valence-corrected chi connectivity index (χ1v) is 12.0. The molecule has 0 aliphatic carbocycles. The number of Topliss-reactive ketones (excluding diaryl/α,β-unsaturated/α-hetero) is 1. The molecule has 1 fully saturated rings. The van der Waals surface area contributed by atoms with Crippen LogP contribution in [0.25, 0.3) is 16.0 Å². The van der Waals surface area contributed by atoms with Crippen LogP contribution in [-0.4, -0.2) is 28.4 Å². The summed E-state index contributed by atoms with van der Waals surface area (Å²) in [5.41, 5.74) is 1.21. The number of aliphatic hydroxyl groups excluding tert-OH is 1. The number of hydrogen-bond donors (Lipinski definition) is 1. The number of rotatable bonds is 6. The van der Waals surface area contributed by atoms with Gasteiger partial charge in [0.2, 0.25) is 0 Å². The van der Waals surface area contributed by atoms with Gasteiger partial charge >= 0.3 is 5.91 Å². The number of aromatic nitrogens is 1. The van der Waals surface area contributed by atoms with E-state index in [1.54, 1.807) is 48.5 Å². The third-order valence-corrected chi connectivity index (χ3v) is 6.90. The Bertz CT molecular complexity index is 1550. The molecule has 1 aliphatic heterocycles. The van der Waals surface area contributed by atoms with Gasteiger partial charge in [-0.1, -0.05) is 47.7 Å². The molecule has 5 rings (SSSR count). The van der Waals surface area contributed by atoms with Crippen LogP contribution in [-0.2, 0) is 9.59 Å². The molecule has 6 nitrogen and oxygen atoms in total. The molecule has 1 amide bonds. The number of aliphatic hydroxyl groups is 1. The number of hydrogen-bond acceptors (Lipinski definition) is 6. The Kier molecular flexibility index (Phi) is 6.30. The minimum atomic E-state index is -1.00. The molecule has 36 heavy (non-hydrogen) atoms. The van der Waals surface area contributed by atoms with Crippen molar-refractivity contribution in [3.05, 3.63) is 107 Å². The zero-order valence-corrected chi connectivity index (χ0v) is 20.2. The number of amides is 1. The lowest BCUT2D eigenvalue weighted by molar-refractivity contribution is -0.132. The average Bonchev–Trinajstić information content (AvgIpc) is 3.40. The summed E-state index contributed by atoms with van der Waals surface area (Å²) >= 11 is 7.32. The normalized spacial score (nSPS) is 17.1. The molecule has 1 atom stereocenters. The van der Waals surface area contributed by atoms with Crippen molar-refractivity contribution in [1.29, 1.82) is 0 Å². The van der Waals surface area contributed by atoms with Gasteiger partial charge in [-0.15, -0.1) is 0 Å². The molecule has 9 heteroatoms. The Morgan fingerprint density at radius 2 is 1.94 bits per heavy atom. The number of fused-ring (bicyclic) bond motifs is 1. The molecular formula is C27H18ClFN2O4S. The number of nitrogens with zero attached hydrogens (tertiary/aromatic N) is 2. The Labute approximate surface area is 214 Å². The first kappa shape index (κ1) is 23.7. The molecule has 0 saturated carbocycles. The molecular weight excluding hydrogens is 503 g/mol. The largest absolute Gasteiger partial charge is 0.507 e. The van der Waals surface area contributed by atoms with Gasteiger partial charge in [0.25, 0.3) is 5.78 Å². The molecule has 1 aromatic heterocycles. The standard InChI is InChI=1S/C27H18ClFN2O4S/c1-2-12-35-19-5-3-4-16(13-19)23-22(24(32)15-6-9-18(29)10-7-15)25(33)26(34)31(23)27-30-20-11-8-17(28)14-21(20)36-27/h2-11,13-14,23,32H,1,12H2/b24-22+. The van der Waals surface area contributed by atoms with Gasteiger partial charge in [0, 0.05) is 10.6 Å². The smallest absolute Gasteiger partial charge is 0.301 e. The highest BCUT2D eigenvalue weighted by Crippen LogP contribution is 2.45. The summed E-state index contributed by atoms with van der Waals surface area (Å²) in [6.45, 7) is 3.90. The Hall–Kier alpha value is -4.01. The summed E-state index contributed by atoms with van der Waals surface area (Å²) in [7, 11) is 0. The van der Waals surface area contributed by atoms with Gasteiger partial charge in [-0.3, -0.25) is 14.5 Å². The number of benzene rings is 3. The summed E-state index contributed by atoms with van der Waals surface area (Å²) < 4.78 is 19.9. The molecule has 0 bridgehead atoms. The van der Waals surface area contributed by atoms with Crippen molar-refractivity contribution in [3.63, 3.8) is 0 Å². The van der Waals surface area contributed by atoms with E-state index in [1.807, 2.05) is 0 Å². The topological polar surface area (TPSA) is 79.7 Å². The quantitative estimate of drug-likeness (QED) is 0.140. The maximum absolute atomic E-state index is 13.5. The molecule has 2 heterocycles. The Balaban J connectivity index is 1.71. The van der Waals surface area contributed by atoms with E-state index >= 15 is 0 Å². The minimum absolute atomic E-state index is 0.134. The van der Waals surface area contributed by atoms with E-state index in [2.05, 4.69) is 11.6 Å². The highest BCUT2D eigenvalue weighted by molar-refractivity contribution is 7.22. The molecule has 1 N–H and O–H groups in total. The number of ketones is 1. The third kappa shape index (κ3) is 4.25. The molecule has 1 aliphatic rings. The first-order chi connectivity index (χ1) is 17.4. The van der Waals surface area contributed by atoms with Gasteiger partial charge in [-0.2, -0.15) is 0 Å². The number of carbonyl (C=O) groups is 2. The lowest BCUT2D eigenvalue weighted by Crippen LogP contribution is -2.29. The maximum Gasteiger partial charge on any atom is 0.301 e. The van der Waals surface area contributed by atoms with E-state index in [9.17, 15) is 19.1 Å². The van der Waals surface area contributed by atoms with Crippen molar-refractivity contribution in [2.75, 3.05) is 11.5 Å². The predicted octanol–water partition coefficient (Wildman–Crippen LogP) is 6.28. The van der Waals surface area contributed by atoms with Crippen molar-refractivity contribution < 1.29 is 23.8 Å². The van der Waals surface area contributed by atoms with Crippen molar-refractivity contribution in [3.8, 4) is 5.75 Å². The fraction of sp³-hybridized carbons (Fsp3) is 0.0741. The second-order valence-corrected chi connectivity index (χ2v) is 9.40. The molecule has 1 saturated heterocycles. The van der Waals surface area contributed by atoms with Crippen LogP contribution in [0.2, 0.25) is 5.02 Å². The average molecular weight is 521 g/mol. The van der Waals surface area contributed by atoms with Crippen LogP contribution >= 0.6 is 22.9 Å². The van der Waals surface area contributed by atoms with E-state index in [4.69, 9.17) is 16.3 Å². The van der Waals surface area contributed by atoms with E-state index in [0.717, 1.165) is 4.70 Å². The van der Waals surface area contributed by atoms with Crippen LogP contribution in [0.3, 0.4) is 0 Å². The van der Waals surface area contributed by atoms with E-state index in [0.29, 0.717) is 21.9 Å². The second kappa shape index (κ2) is 9.56. The molecule has 3 aromatic carbocycles. The van der Waals surface area contributed by atoms with Gasteiger partial charge in [0.15, 0.2) is 5.13 Å². The third-order valence-electron chi connectivity index (χ3n) is 5.65. The summed E-state index contributed by atoms with van der Waals surface area (Å²) in [4.78, 5) is 32.5. The first-order valence-electron chi connectivity index (χ1n) is 10.8. The van der Waals surface area contributed by atoms with Gasteiger partial charge in [0.05, 0.1) is 21.8 Å². The fourth-order valence-corrected chi connectivity index (χ4v) is 5.30. The van der Waals surface area contributed by atoms with Gasteiger partial charge < -0.3 is 9.84 Å². The van der Waals surface area contributed by atoms with Gasteiger partial charge in [0.1, 0.15) is 23.9 Å². The summed E-state index contributed by atoms with van der Waals surface area (Å²) in [5, 5.41) is 11.9. The lowest BCUT2D eigenvalue weighted by atomic mass is 9.95. The fourth-order valence-electron chi connectivity index (χ4n) is 4.03. The monoisotopic (exact) mass is 520 g/mol. The van der Waals surface area contributed by atoms with E-state index in [-0.39, 0.29) is 22.9 Å². The Morgan fingerprint density at radius 1 is 1.17 bits per heavy atom. The van der Waals surface area contributed by atoms with E-state index in [1.165, 1.54) is 40.5 Å². The van der Waals surface area contributed by atoms with Gasteiger partial charge in [-0.25, -0.2) is 9.37 Å². The predicted molar refractivity (Wildman–Crippen MR) is 138 cm³/mol. The number of carbonyl (C=O) groups excluding carboxylic acids is 2. The van der Waals surface area contributed by atoms with Crippen LogP contribution in [0.4, 0.5) is 9.52 Å². The summed E-state index contributed by atoms with van der Waals surface area (Å²) in [5.74, 6) is -2.13. The SMILES string of the molecule is C=CCOc1cccc(C2/C(=C(\O)c3ccc(F)cc3)C(=O)C(=O)N2c2nc3ccc(Cl)cc3s2)c1. The van der Waals surface area contributed by atoms with Crippen LogP contribution in [0.15, 0.2) is 85.0 Å². The van der Waals surface area contributed by atoms with Crippen molar-refractivity contribution >= 4 is 55.7 Å².